The molecule has 0 amide bonds. The molecular weight excluding hydrogens is 240 g/mol. The molecule has 0 aromatic heterocycles. The number of hydrogen-bond acceptors (Lipinski definition) is 2. The normalized spacial score (nSPS) is 13.5. The van der Waals surface area contributed by atoms with Crippen LogP contribution in [0.25, 0.3) is 0 Å². The number of ether oxygens (including phenoxy) is 1. The van der Waals surface area contributed by atoms with E-state index >= 15 is 0 Å². The van der Waals surface area contributed by atoms with Crippen LogP contribution in [0.3, 0.4) is 0 Å². The van der Waals surface area contributed by atoms with Crippen molar-refractivity contribution < 1.29 is 4.74 Å². The standard InChI is InChI=1S/C16H30OS/c1-5-6-7-11-16(18)17-13-12-15(4)10-8-9-14(2)3/h9,12,16,18H,5-8,10-11,13H2,1-4H3/b15-12+. The van der Waals surface area contributed by atoms with Gasteiger partial charge in [-0.05, 0) is 40.0 Å². The highest BCUT2D eigenvalue weighted by Gasteiger charge is 2.01. The van der Waals surface area contributed by atoms with Crippen LogP contribution in [0.5, 0.6) is 0 Å². The van der Waals surface area contributed by atoms with Gasteiger partial charge in [0.15, 0.2) is 0 Å². The molecule has 0 aliphatic rings. The Labute approximate surface area is 119 Å². The lowest BCUT2D eigenvalue weighted by molar-refractivity contribution is 0.131. The summed E-state index contributed by atoms with van der Waals surface area (Å²) in [6, 6.07) is 0. The van der Waals surface area contributed by atoms with Gasteiger partial charge in [-0.2, -0.15) is 0 Å². The molecule has 0 aliphatic carbocycles. The molecule has 0 aromatic rings. The van der Waals surface area contributed by atoms with Crippen molar-refractivity contribution in [3.63, 3.8) is 0 Å². The summed E-state index contributed by atoms with van der Waals surface area (Å²) < 4.78 is 5.66. The molecule has 0 fully saturated rings. The highest BCUT2D eigenvalue weighted by molar-refractivity contribution is 7.80. The fourth-order valence-corrected chi connectivity index (χ4v) is 1.91. The summed E-state index contributed by atoms with van der Waals surface area (Å²) in [5, 5.41) is 0. The number of thiol groups is 1. The molecule has 0 bridgehead atoms. The minimum atomic E-state index is 0.0957. The molecule has 0 heterocycles. The van der Waals surface area contributed by atoms with Crippen LogP contribution in [0.15, 0.2) is 23.3 Å². The van der Waals surface area contributed by atoms with E-state index in [2.05, 4.69) is 52.5 Å². The summed E-state index contributed by atoms with van der Waals surface area (Å²) in [6.45, 7) is 9.37. The summed E-state index contributed by atoms with van der Waals surface area (Å²) in [7, 11) is 0. The first kappa shape index (κ1) is 17.8. The number of unbranched alkanes of at least 4 members (excludes halogenated alkanes) is 2. The van der Waals surface area contributed by atoms with E-state index in [9.17, 15) is 0 Å². The second kappa shape index (κ2) is 11.9. The predicted molar refractivity (Wildman–Crippen MR) is 85.3 cm³/mol. The summed E-state index contributed by atoms with van der Waals surface area (Å²) in [4.78, 5) is 0. The molecule has 1 nitrogen and oxygen atoms in total. The molecule has 0 saturated heterocycles. The third-order valence-electron chi connectivity index (χ3n) is 2.87. The van der Waals surface area contributed by atoms with Crippen molar-refractivity contribution in [1.82, 2.24) is 0 Å². The SMILES string of the molecule is CCCCCC(S)OC/C=C(\C)CCC=C(C)C. The second-order valence-electron chi connectivity index (χ2n) is 5.15. The fourth-order valence-electron chi connectivity index (χ4n) is 1.64. The zero-order valence-corrected chi connectivity index (χ0v) is 13.4. The lowest BCUT2D eigenvalue weighted by Crippen LogP contribution is -2.05. The summed E-state index contributed by atoms with van der Waals surface area (Å²) in [5.74, 6) is 0. The fraction of sp³-hybridized carbons (Fsp3) is 0.750. The Balaban J connectivity index is 3.63. The first-order chi connectivity index (χ1) is 8.56. The van der Waals surface area contributed by atoms with E-state index in [0.717, 1.165) is 19.3 Å². The summed E-state index contributed by atoms with van der Waals surface area (Å²) in [5.41, 5.74) is 2.89. The number of allylic oxidation sites excluding steroid dienone is 3. The quantitative estimate of drug-likeness (QED) is 0.237. The molecule has 106 valence electrons. The van der Waals surface area contributed by atoms with Gasteiger partial charge >= 0.3 is 0 Å². The Morgan fingerprint density at radius 2 is 1.89 bits per heavy atom. The van der Waals surface area contributed by atoms with E-state index < -0.39 is 0 Å². The maximum Gasteiger partial charge on any atom is 0.100 e. The molecular formula is C16H30OS. The van der Waals surface area contributed by atoms with Gasteiger partial charge in [-0.25, -0.2) is 0 Å². The third kappa shape index (κ3) is 12.3. The third-order valence-corrected chi connectivity index (χ3v) is 3.27. The summed E-state index contributed by atoms with van der Waals surface area (Å²) >= 11 is 4.44. The molecule has 0 spiro atoms. The van der Waals surface area contributed by atoms with Crippen LogP contribution < -0.4 is 0 Å². The molecule has 0 N–H and O–H groups in total. The van der Waals surface area contributed by atoms with E-state index in [1.807, 2.05) is 0 Å². The zero-order chi connectivity index (χ0) is 13.8. The van der Waals surface area contributed by atoms with Crippen LogP contribution in [0.2, 0.25) is 0 Å². The Morgan fingerprint density at radius 1 is 1.17 bits per heavy atom. The van der Waals surface area contributed by atoms with Gasteiger partial charge in [0.1, 0.15) is 5.44 Å². The molecule has 1 unspecified atom stereocenters. The van der Waals surface area contributed by atoms with E-state index in [4.69, 9.17) is 4.74 Å². The molecule has 0 radical (unpaired) electrons. The second-order valence-corrected chi connectivity index (χ2v) is 5.73. The molecule has 0 aliphatic heterocycles. The highest BCUT2D eigenvalue weighted by atomic mass is 32.1. The minimum absolute atomic E-state index is 0.0957. The van der Waals surface area contributed by atoms with Crippen molar-refractivity contribution in [1.29, 1.82) is 0 Å². The van der Waals surface area contributed by atoms with E-state index in [-0.39, 0.29) is 5.44 Å². The minimum Gasteiger partial charge on any atom is -0.364 e. The lowest BCUT2D eigenvalue weighted by atomic mass is 10.1. The van der Waals surface area contributed by atoms with Gasteiger partial charge in [0.2, 0.25) is 0 Å². The van der Waals surface area contributed by atoms with Crippen molar-refractivity contribution in [2.24, 2.45) is 0 Å². The monoisotopic (exact) mass is 270 g/mol. The molecule has 0 saturated carbocycles. The molecule has 0 aromatic carbocycles. The Kier molecular flexibility index (Phi) is 11.7. The van der Waals surface area contributed by atoms with E-state index in [0.29, 0.717) is 6.61 Å². The highest BCUT2D eigenvalue weighted by Crippen LogP contribution is 2.11. The average Bonchev–Trinajstić information content (AvgIpc) is 2.29. The molecule has 18 heavy (non-hydrogen) atoms. The predicted octanol–water partition coefficient (Wildman–Crippen LogP) is 5.53. The first-order valence-electron chi connectivity index (χ1n) is 7.15. The van der Waals surface area contributed by atoms with Crippen LogP contribution in [0, 0.1) is 0 Å². The number of hydrogen-bond donors (Lipinski definition) is 1. The van der Waals surface area contributed by atoms with Gasteiger partial charge in [0.25, 0.3) is 0 Å². The van der Waals surface area contributed by atoms with Crippen LogP contribution in [0.4, 0.5) is 0 Å². The van der Waals surface area contributed by atoms with Crippen molar-refractivity contribution in [2.75, 3.05) is 6.61 Å². The van der Waals surface area contributed by atoms with Crippen LogP contribution in [-0.2, 0) is 4.74 Å². The Morgan fingerprint density at radius 3 is 2.50 bits per heavy atom. The lowest BCUT2D eigenvalue weighted by Gasteiger charge is -2.10. The van der Waals surface area contributed by atoms with E-state index in [1.165, 1.54) is 30.4 Å². The van der Waals surface area contributed by atoms with Crippen molar-refractivity contribution in [3.8, 4) is 0 Å². The van der Waals surface area contributed by atoms with Crippen LogP contribution in [0.1, 0.15) is 66.2 Å². The average molecular weight is 270 g/mol. The maximum atomic E-state index is 5.66. The van der Waals surface area contributed by atoms with Crippen molar-refractivity contribution >= 4 is 12.6 Å². The summed E-state index contributed by atoms with van der Waals surface area (Å²) in [6.07, 6.45) is 11.5. The maximum absolute atomic E-state index is 5.66. The first-order valence-corrected chi connectivity index (χ1v) is 7.66. The van der Waals surface area contributed by atoms with Gasteiger partial charge < -0.3 is 4.74 Å². The van der Waals surface area contributed by atoms with Crippen molar-refractivity contribution in [3.05, 3.63) is 23.3 Å². The van der Waals surface area contributed by atoms with Gasteiger partial charge in [0.05, 0.1) is 6.61 Å². The smallest absolute Gasteiger partial charge is 0.100 e. The largest absolute Gasteiger partial charge is 0.364 e. The molecule has 1 atom stereocenters. The van der Waals surface area contributed by atoms with Gasteiger partial charge in [-0.3, -0.25) is 0 Å². The van der Waals surface area contributed by atoms with Crippen molar-refractivity contribution in [2.45, 2.75) is 71.7 Å². The Hall–Kier alpha value is -0.210. The van der Waals surface area contributed by atoms with Gasteiger partial charge in [-0.15, -0.1) is 12.6 Å². The molecule has 0 rings (SSSR count). The van der Waals surface area contributed by atoms with E-state index in [1.54, 1.807) is 0 Å². The number of rotatable bonds is 10. The van der Waals surface area contributed by atoms with Crippen LogP contribution in [-0.4, -0.2) is 12.0 Å². The zero-order valence-electron chi connectivity index (χ0n) is 12.5. The van der Waals surface area contributed by atoms with Crippen LogP contribution >= 0.6 is 12.6 Å². The van der Waals surface area contributed by atoms with Gasteiger partial charge in [-0.1, -0.05) is 49.5 Å². The van der Waals surface area contributed by atoms with Gasteiger partial charge in [0, 0.05) is 0 Å². The molecule has 2 heteroatoms. The Bertz CT molecular complexity index is 252. The topological polar surface area (TPSA) is 9.23 Å².